The minimum atomic E-state index is -0.341. The third-order valence-corrected chi connectivity index (χ3v) is 5.27. The van der Waals surface area contributed by atoms with Gasteiger partial charge < -0.3 is 14.5 Å². The van der Waals surface area contributed by atoms with E-state index < -0.39 is 0 Å². The number of nitrogens with one attached hydrogen (secondary N) is 1. The van der Waals surface area contributed by atoms with Gasteiger partial charge in [0.25, 0.3) is 0 Å². The van der Waals surface area contributed by atoms with Crippen molar-refractivity contribution in [3.05, 3.63) is 53.2 Å². The van der Waals surface area contributed by atoms with Crippen LogP contribution in [0.1, 0.15) is 29.7 Å². The smallest absolute Gasteiger partial charge is 0.243 e. The summed E-state index contributed by atoms with van der Waals surface area (Å²) in [7, 11) is 1.68. The normalized spacial score (nSPS) is 15.7. The Bertz CT molecular complexity index is 1320. The Balaban J connectivity index is 1.77. The van der Waals surface area contributed by atoms with Crippen molar-refractivity contribution in [3.63, 3.8) is 0 Å². The molecule has 0 saturated heterocycles. The lowest BCUT2D eigenvalue weighted by Gasteiger charge is -2.16. The summed E-state index contributed by atoms with van der Waals surface area (Å²) in [5, 5.41) is 14.0. The minimum absolute atomic E-state index is 0.197. The van der Waals surface area contributed by atoms with E-state index in [1.54, 1.807) is 19.3 Å². The molecule has 4 heterocycles. The largest absolute Gasteiger partial charge is 0.490 e. The molecule has 150 valence electrons. The van der Waals surface area contributed by atoms with Crippen LogP contribution in [-0.2, 0) is 7.05 Å². The first-order valence-electron chi connectivity index (χ1n) is 9.43. The number of ether oxygens (including phenoxy) is 2. The molecule has 0 saturated carbocycles. The molecule has 0 aliphatic carbocycles. The first kappa shape index (κ1) is 18.1. The highest BCUT2D eigenvalue weighted by Gasteiger charge is 2.25. The topological polar surface area (TPSA) is 102 Å². The average molecular weight is 404 g/mol. The molecular weight excluding hydrogens is 387 g/mol. The summed E-state index contributed by atoms with van der Waals surface area (Å²) >= 11 is 0. The van der Waals surface area contributed by atoms with Crippen molar-refractivity contribution in [2.75, 3.05) is 13.2 Å². The maximum absolute atomic E-state index is 14.0. The molecule has 1 atom stereocenters. The quantitative estimate of drug-likeness (QED) is 0.483. The van der Waals surface area contributed by atoms with Crippen molar-refractivity contribution in [3.8, 4) is 29.0 Å². The zero-order chi connectivity index (χ0) is 20.8. The number of fused-ring (bicyclic) bond motifs is 4. The fraction of sp³-hybridized carbons (Fsp3) is 0.238. The number of benzene rings is 1. The maximum atomic E-state index is 14.0. The van der Waals surface area contributed by atoms with Gasteiger partial charge in [0.05, 0.1) is 11.9 Å². The van der Waals surface area contributed by atoms with Crippen LogP contribution < -0.4 is 9.47 Å². The van der Waals surface area contributed by atoms with E-state index in [-0.39, 0.29) is 30.8 Å². The van der Waals surface area contributed by atoms with Crippen LogP contribution in [0, 0.1) is 17.1 Å². The van der Waals surface area contributed by atoms with Gasteiger partial charge in [0.2, 0.25) is 5.88 Å². The molecule has 0 spiro atoms. The molecule has 1 unspecified atom stereocenters. The van der Waals surface area contributed by atoms with Gasteiger partial charge in [-0.05, 0) is 18.2 Å². The molecule has 0 fully saturated rings. The van der Waals surface area contributed by atoms with Crippen LogP contribution in [0.4, 0.5) is 4.39 Å². The highest BCUT2D eigenvalue weighted by Crippen LogP contribution is 2.37. The van der Waals surface area contributed by atoms with E-state index in [1.165, 1.54) is 16.8 Å². The van der Waals surface area contributed by atoms with Gasteiger partial charge in [-0.1, -0.05) is 6.92 Å². The zero-order valence-electron chi connectivity index (χ0n) is 16.3. The molecule has 0 amide bonds. The molecule has 3 aromatic heterocycles. The number of rotatable bonds is 0. The highest BCUT2D eigenvalue weighted by atomic mass is 19.1. The summed E-state index contributed by atoms with van der Waals surface area (Å²) in [6.45, 7) is 2.39. The summed E-state index contributed by atoms with van der Waals surface area (Å²) in [5.41, 5.74) is 4.07. The predicted molar refractivity (Wildman–Crippen MR) is 106 cm³/mol. The van der Waals surface area contributed by atoms with Gasteiger partial charge in [-0.25, -0.2) is 14.4 Å². The van der Waals surface area contributed by atoms with Crippen molar-refractivity contribution in [1.29, 1.82) is 5.26 Å². The Morgan fingerprint density at radius 3 is 2.93 bits per heavy atom. The van der Waals surface area contributed by atoms with Crippen LogP contribution in [-0.4, -0.2) is 37.9 Å². The summed E-state index contributed by atoms with van der Waals surface area (Å²) in [5.74, 6) is 0.311. The van der Waals surface area contributed by atoms with Crippen molar-refractivity contribution >= 4 is 11.2 Å². The van der Waals surface area contributed by atoms with Crippen molar-refractivity contribution in [2.24, 2.45) is 7.05 Å². The highest BCUT2D eigenvalue weighted by molar-refractivity contribution is 5.81. The fourth-order valence-electron chi connectivity index (χ4n) is 3.77. The average Bonchev–Trinajstić information content (AvgIpc) is 3.30. The number of hydrogen-bond acceptors (Lipinski definition) is 6. The van der Waals surface area contributed by atoms with Crippen molar-refractivity contribution in [1.82, 2.24) is 24.7 Å². The zero-order valence-corrected chi connectivity index (χ0v) is 16.3. The van der Waals surface area contributed by atoms with Crippen molar-refractivity contribution in [2.45, 2.75) is 12.8 Å². The van der Waals surface area contributed by atoms with E-state index >= 15 is 0 Å². The number of nitriles is 1. The number of nitrogens with zero attached hydrogens (tertiary/aromatic N) is 5. The van der Waals surface area contributed by atoms with Crippen LogP contribution in [0.2, 0.25) is 0 Å². The molecule has 30 heavy (non-hydrogen) atoms. The lowest BCUT2D eigenvalue weighted by atomic mass is 9.93. The van der Waals surface area contributed by atoms with Gasteiger partial charge in [-0.15, -0.1) is 5.10 Å². The van der Waals surface area contributed by atoms with Gasteiger partial charge in [0.15, 0.2) is 11.3 Å². The Hall–Kier alpha value is -3.93. The first-order chi connectivity index (χ1) is 14.6. The number of H-pyrrole nitrogens is 1. The maximum Gasteiger partial charge on any atom is 0.243 e. The lowest BCUT2D eigenvalue weighted by Crippen LogP contribution is -2.11. The number of aryl methyl sites for hydroxylation is 1. The van der Waals surface area contributed by atoms with E-state index in [2.05, 4.69) is 21.1 Å². The van der Waals surface area contributed by atoms with Gasteiger partial charge in [0, 0.05) is 30.3 Å². The third-order valence-electron chi connectivity index (χ3n) is 5.27. The number of halogens is 1. The van der Waals surface area contributed by atoms with Crippen LogP contribution in [0.25, 0.3) is 22.4 Å². The van der Waals surface area contributed by atoms with Gasteiger partial charge in [0.1, 0.15) is 41.9 Å². The van der Waals surface area contributed by atoms with Crippen molar-refractivity contribution < 1.29 is 13.9 Å². The molecule has 1 aliphatic rings. The molecule has 1 aliphatic heterocycles. The van der Waals surface area contributed by atoms with E-state index in [0.717, 1.165) is 5.56 Å². The Morgan fingerprint density at radius 1 is 1.27 bits per heavy atom. The molecule has 9 heteroatoms. The molecule has 4 aromatic rings. The van der Waals surface area contributed by atoms with E-state index in [4.69, 9.17) is 14.5 Å². The van der Waals surface area contributed by atoms with Gasteiger partial charge in [-0.3, -0.25) is 4.68 Å². The minimum Gasteiger partial charge on any atom is -0.490 e. The molecule has 1 aromatic carbocycles. The number of aromatic amines is 1. The Morgan fingerprint density at radius 2 is 2.10 bits per heavy atom. The third kappa shape index (κ3) is 2.76. The Kier molecular flexibility index (Phi) is 4.13. The monoisotopic (exact) mass is 404 g/mol. The fourth-order valence-corrected chi connectivity index (χ4v) is 3.77. The van der Waals surface area contributed by atoms with E-state index in [1.807, 2.05) is 13.1 Å². The van der Waals surface area contributed by atoms with Crippen LogP contribution in [0.15, 0.2) is 30.6 Å². The molecular formula is C21H17FN6O2. The summed E-state index contributed by atoms with van der Waals surface area (Å²) in [6.07, 6.45) is 3.40. The first-order valence-corrected chi connectivity index (χ1v) is 9.43. The van der Waals surface area contributed by atoms with Crippen LogP contribution in [0.3, 0.4) is 0 Å². The molecule has 8 nitrogen and oxygen atoms in total. The predicted octanol–water partition coefficient (Wildman–Crippen LogP) is 3.29. The van der Waals surface area contributed by atoms with Gasteiger partial charge >= 0.3 is 0 Å². The number of hydrogen-bond donors (Lipinski definition) is 1. The second kappa shape index (κ2) is 6.84. The number of aromatic nitrogens is 5. The SMILES string of the molecule is CC1c2cc(F)ccc2OCCOc2nn(C)c(C#N)c2-c2cnc3[nH]cc1c3n2. The van der Waals surface area contributed by atoms with Gasteiger partial charge in [-0.2, -0.15) is 5.26 Å². The van der Waals surface area contributed by atoms with Crippen LogP contribution >= 0.6 is 0 Å². The van der Waals surface area contributed by atoms with Crippen LogP contribution in [0.5, 0.6) is 11.6 Å². The second-order valence-corrected chi connectivity index (χ2v) is 7.06. The van der Waals surface area contributed by atoms with E-state index in [9.17, 15) is 9.65 Å². The summed E-state index contributed by atoms with van der Waals surface area (Å²) in [4.78, 5) is 12.4. The molecule has 5 rings (SSSR count). The molecule has 2 bridgehead atoms. The Labute approximate surface area is 170 Å². The standard InChI is InChI=1S/C21H17FN6O2/c1-11-13-7-12(22)3-4-17(13)29-5-6-30-21-18(16(8-23)28(2)27-21)15-10-25-20-19(26-15)14(11)9-24-20/h3-4,7,9-11H,5-6H2,1-2H3,(H,24,25). The molecule has 1 N–H and O–H groups in total. The summed E-state index contributed by atoms with van der Waals surface area (Å²) < 4.78 is 27.2. The summed E-state index contributed by atoms with van der Waals surface area (Å²) in [6, 6.07) is 6.62. The van der Waals surface area contributed by atoms with E-state index in [0.29, 0.717) is 39.4 Å². The molecule has 0 radical (unpaired) electrons. The second-order valence-electron chi connectivity index (χ2n) is 7.06. The lowest BCUT2D eigenvalue weighted by molar-refractivity contribution is 0.210.